The average Bonchev–Trinajstić information content (AvgIpc) is 4.23. The minimum absolute atomic E-state index is 0.453. The Labute approximate surface area is 396 Å². The van der Waals surface area contributed by atoms with E-state index in [1.165, 1.54) is 129 Å². The molecule has 0 spiro atoms. The Morgan fingerprint density at radius 1 is 0.353 bits per heavy atom. The number of benzene rings is 10. The van der Waals surface area contributed by atoms with Crippen molar-refractivity contribution < 1.29 is 8.83 Å². The van der Waals surface area contributed by atoms with Crippen LogP contribution in [0.15, 0.2) is 179 Å². The van der Waals surface area contributed by atoms with Gasteiger partial charge in [0, 0.05) is 43.7 Å². The van der Waals surface area contributed by atoms with Crippen LogP contribution in [0, 0.1) is 13.8 Å². The predicted molar refractivity (Wildman–Crippen MR) is 286 cm³/mol. The van der Waals surface area contributed by atoms with Crippen LogP contribution in [-0.2, 0) is 0 Å². The van der Waals surface area contributed by atoms with Gasteiger partial charge in [-0.15, -0.1) is 0 Å². The molecule has 0 amide bonds. The fourth-order valence-electron chi connectivity index (χ4n) is 12.7. The average molecular weight is 881 g/mol. The zero-order chi connectivity index (χ0) is 45.0. The molecule has 2 aromatic heterocycles. The second kappa shape index (κ2) is 15.5. The summed E-state index contributed by atoms with van der Waals surface area (Å²) in [6, 6.07) is 63.3. The van der Waals surface area contributed by atoms with E-state index in [9.17, 15) is 0 Å². The van der Waals surface area contributed by atoms with Gasteiger partial charge >= 0.3 is 0 Å². The minimum atomic E-state index is 0.453. The molecule has 4 nitrogen and oxygen atoms in total. The third-order valence-electron chi connectivity index (χ3n) is 16.0. The lowest BCUT2D eigenvalue weighted by Gasteiger charge is -2.33. The summed E-state index contributed by atoms with van der Waals surface area (Å²) in [7, 11) is 0. The van der Waals surface area contributed by atoms with Crippen molar-refractivity contribution in [3.63, 3.8) is 0 Å². The fraction of sp³-hybridized carbons (Fsp3) is 0.188. The normalized spacial score (nSPS) is 14.9. The van der Waals surface area contributed by atoms with Gasteiger partial charge in [-0.2, -0.15) is 0 Å². The van der Waals surface area contributed by atoms with E-state index < -0.39 is 0 Å². The van der Waals surface area contributed by atoms with Crippen LogP contribution in [0.3, 0.4) is 0 Å². The van der Waals surface area contributed by atoms with Gasteiger partial charge in [0.05, 0.1) is 22.7 Å². The first-order valence-electron chi connectivity index (χ1n) is 24.9. The van der Waals surface area contributed by atoms with Crippen LogP contribution in [0.25, 0.3) is 76.2 Å². The van der Waals surface area contributed by atoms with Crippen molar-refractivity contribution in [2.45, 2.75) is 77.0 Å². The van der Waals surface area contributed by atoms with E-state index in [4.69, 9.17) is 8.83 Å². The Hall–Kier alpha value is -7.56. The highest BCUT2D eigenvalue weighted by Crippen LogP contribution is 2.55. The molecule has 68 heavy (non-hydrogen) atoms. The molecule has 0 aliphatic heterocycles. The topological polar surface area (TPSA) is 32.8 Å². The van der Waals surface area contributed by atoms with Gasteiger partial charge in [-0.25, -0.2) is 0 Å². The van der Waals surface area contributed by atoms with Gasteiger partial charge in [0.15, 0.2) is 11.2 Å². The van der Waals surface area contributed by atoms with Crippen LogP contribution in [-0.4, -0.2) is 0 Å². The standard InChI is InChI=1S/C64H52N2O2/c1-39-15-3-11-23-53(39)65(61-45(41-17-5-6-18-41)33-35-49-47-21-9-13-25-57(47)67-63(49)61)55-37-29-43-28-32-52-56(38-30-44-27-31-51(55)59(43)60(44)52)66(54-24-12-4-16-40(54)2)62-46(42-19-7-8-20-42)34-36-50-48-22-10-14-26-58(48)68-64(50)62/h3-4,9-16,21-38,41-42H,5-8,17-20H2,1-2H3. The van der Waals surface area contributed by atoms with Crippen LogP contribution in [0.2, 0.25) is 0 Å². The van der Waals surface area contributed by atoms with Crippen LogP contribution in [0.1, 0.15) is 85.5 Å². The molecule has 2 aliphatic rings. The van der Waals surface area contributed by atoms with E-state index in [1.807, 2.05) is 0 Å². The number of hydrogen-bond donors (Lipinski definition) is 0. The number of furan rings is 2. The number of nitrogens with zero attached hydrogens (tertiary/aromatic N) is 2. The summed E-state index contributed by atoms with van der Waals surface area (Å²) >= 11 is 0. The number of hydrogen-bond acceptors (Lipinski definition) is 4. The molecular formula is C64H52N2O2. The van der Waals surface area contributed by atoms with Gasteiger partial charge in [0.2, 0.25) is 0 Å². The van der Waals surface area contributed by atoms with Crippen molar-refractivity contribution in [2.75, 3.05) is 9.80 Å². The number of para-hydroxylation sites is 4. The second-order valence-corrected chi connectivity index (χ2v) is 19.8. The molecule has 14 rings (SSSR count). The minimum Gasteiger partial charge on any atom is -0.454 e. The van der Waals surface area contributed by atoms with E-state index in [-0.39, 0.29) is 0 Å². The lowest BCUT2D eigenvalue weighted by molar-refractivity contribution is 0.664. The Morgan fingerprint density at radius 2 is 0.735 bits per heavy atom. The first-order valence-corrected chi connectivity index (χ1v) is 24.9. The highest BCUT2D eigenvalue weighted by atomic mass is 16.3. The van der Waals surface area contributed by atoms with Crippen molar-refractivity contribution in [1.29, 1.82) is 0 Å². The van der Waals surface area contributed by atoms with E-state index in [0.29, 0.717) is 11.8 Å². The molecule has 2 saturated carbocycles. The summed E-state index contributed by atoms with van der Waals surface area (Å²) in [5, 5.41) is 12.1. The van der Waals surface area contributed by atoms with Crippen molar-refractivity contribution >= 4 is 110 Å². The molecule has 10 aromatic carbocycles. The summed E-state index contributed by atoms with van der Waals surface area (Å²) in [6.07, 6.45) is 9.74. The van der Waals surface area contributed by atoms with Crippen molar-refractivity contribution in [3.05, 3.63) is 192 Å². The van der Waals surface area contributed by atoms with Crippen molar-refractivity contribution in [3.8, 4) is 0 Å². The molecule has 0 unspecified atom stereocenters. The molecule has 2 heterocycles. The SMILES string of the molecule is Cc1ccccc1N(c1ccc2ccc3c(N(c4ccccc4C)c4c(C5CCCC5)ccc5c4oc4ccccc45)ccc4ccc1c2c43)c1c(C2CCCC2)ccc2c1oc1ccccc12. The number of anilines is 6. The van der Waals surface area contributed by atoms with Crippen LogP contribution < -0.4 is 9.80 Å². The summed E-state index contributed by atoms with van der Waals surface area (Å²) in [5.41, 5.74) is 15.9. The number of rotatable bonds is 8. The van der Waals surface area contributed by atoms with Gasteiger partial charge < -0.3 is 18.6 Å². The first kappa shape index (κ1) is 39.6. The molecule has 0 bridgehead atoms. The number of aryl methyl sites for hydroxylation is 2. The lowest BCUT2D eigenvalue weighted by Crippen LogP contribution is -2.16. The van der Waals surface area contributed by atoms with E-state index in [2.05, 4.69) is 194 Å². The Kier molecular flexibility index (Phi) is 9.03. The molecule has 2 aliphatic carbocycles. The third kappa shape index (κ3) is 5.92. The van der Waals surface area contributed by atoms with Gasteiger partial charge in [-0.1, -0.05) is 159 Å². The van der Waals surface area contributed by atoms with Gasteiger partial charge in [0.25, 0.3) is 0 Å². The van der Waals surface area contributed by atoms with Crippen LogP contribution >= 0.6 is 0 Å². The van der Waals surface area contributed by atoms with Gasteiger partial charge in [-0.3, -0.25) is 0 Å². The largest absolute Gasteiger partial charge is 0.454 e. The molecule has 0 radical (unpaired) electrons. The second-order valence-electron chi connectivity index (χ2n) is 19.8. The van der Waals surface area contributed by atoms with E-state index >= 15 is 0 Å². The Morgan fingerprint density at radius 3 is 1.18 bits per heavy atom. The fourth-order valence-corrected chi connectivity index (χ4v) is 12.7. The lowest BCUT2D eigenvalue weighted by atomic mass is 9.89. The summed E-state index contributed by atoms with van der Waals surface area (Å²) < 4.78 is 14.1. The highest BCUT2D eigenvalue weighted by molar-refractivity contribution is 6.29. The highest BCUT2D eigenvalue weighted by Gasteiger charge is 2.33. The Balaban J connectivity index is 1.07. The zero-order valence-corrected chi connectivity index (χ0v) is 38.7. The maximum atomic E-state index is 7.05. The van der Waals surface area contributed by atoms with E-state index in [1.54, 1.807) is 0 Å². The van der Waals surface area contributed by atoms with Gasteiger partial charge in [0.1, 0.15) is 11.2 Å². The van der Waals surface area contributed by atoms with Crippen molar-refractivity contribution in [2.24, 2.45) is 0 Å². The van der Waals surface area contributed by atoms with Gasteiger partial charge in [-0.05, 0) is 132 Å². The first-order chi connectivity index (χ1) is 33.6. The maximum Gasteiger partial charge on any atom is 0.159 e. The molecule has 330 valence electrons. The molecule has 0 N–H and O–H groups in total. The monoisotopic (exact) mass is 880 g/mol. The molecule has 4 heteroatoms. The quantitative estimate of drug-likeness (QED) is 0.142. The number of fused-ring (bicyclic) bond motifs is 6. The summed E-state index contributed by atoms with van der Waals surface area (Å²) in [6.45, 7) is 4.50. The summed E-state index contributed by atoms with van der Waals surface area (Å²) in [4.78, 5) is 5.13. The molecule has 2 fully saturated rings. The van der Waals surface area contributed by atoms with Crippen LogP contribution in [0.5, 0.6) is 0 Å². The smallest absolute Gasteiger partial charge is 0.159 e. The molecule has 0 saturated heterocycles. The third-order valence-corrected chi connectivity index (χ3v) is 16.0. The maximum absolute atomic E-state index is 7.05. The molecule has 0 atom stereocenters. The zero-order valence-electron chi connectivity index (χ0n) is 38.7. The predicted octanol–water partition coefficient (Wildman–Crippen LogP) is 19.3. The van der Waals surface area contributed by atoms with Crippen LogP contribution in [0.4, 0.5) is 34.1 Å². The molecular weight excluding hydrogens is 829 g/mol. The Bertz CT molecular complexity index is 3680. The van der Waals surface area contributed by atoms with Crippen molar-refractivity contribution in [1.82, 2.24) is 0 Å². The van der Waals surface area contributed by atoms with E-state index in [0.717, 1.165) is 55.3 Å². The summed E-state index contributed by atoms with van der Waals surface area (Å²) in [5.74, 6) is 0.906. The molecule has 12 aromatic rings.